The second-order valence-electron chi connectivity index (χ2n) is 5.62. The van der Waals surface area contributed by atoms with Gasteiger partial charge in [0, 0.05) is 18.7 Å². The molecule has 0 aliphatic rings. The Balaban J connectivity index is 2.33. The first kappa shape index (κ1) is 17.9. The van der Waals surface area contributed by atoms with Crippen molar-refractivity contribution >= 4 is 38.5 Å². The Morgan fingerprint density at radius 1 is 1.23 bits per heavy atom. The van der Waals surface area contributed by atoms with E-state index in [-0.39, 0.29) is 5.69 Å². The summed E-state index contributed by atoms with van der Waals surface area (Å²) in [7, 11) is 1.57. The van der Waals surface area contributed by atoms with E-state index in [1.807, 2.05) is 12.1 Å². The van der Waals surface area contributed by atoms with Gasteiger partial charge in [-0.1, -0.05) is 0 Å². The zero-order valence-corrected chi connectivity index (χ0v) is 15.9. The van der Waals surface area contributed by atoms with Crippen LogP contribution in [0.25, 0.3) is 16.6 Å². The van der Waals surface area contributed by atoms with Gasteiger partial charge in [0.1, 0.15) is 11.5 Å². The topological polar surface area (TPSA) is 83.6 Å². The summed E-state index contributed by atoms with van der Waals surface area (Å²) in [6.45, 7) is 2.98. The molecule has 1 aromatic heterocycles. The van der Waals surface area contributed by atoms with E-state index >= 15 is 0 Å². The smallest absolute Gasteiger partial charge is 0.308 e. The lowest BCUT2D eigenvalue weighted by Gasteiger charge is -2.10. The number of aromatic nitrogens is 1. The molecule has 0 spiro atoms. The predicted octanol–water partition coefficient (Wildman–Crippen LogP) is 4.54. The minimum absolute atomic E-state index is 0.00546. The molecule has 0 atom stereocenters. The molecule has 8 heteroatoms. The van der Waals surface area contributed by atoms with Crippen molar-refractivity contribution < 1.29 is 19.2 Å². The number of nitro groups is 1. The number of rotatable bonds is 4. The number of hydrogen-bond donors (Lipinski definition) is 0. The molecule has 7 nitrogen and oxygen atoms in total. The lowest BCUT2D eigenvalue weighted by molar-refractivity contribution is -0.383. The molecule has 3 rings (SSSR count). The normalized spacial score (nSPS) is 10.8. The van der Waals surface area contributed by atoms with Crippen LogP contribution in [0.2, 0.25) is 0 Å². The summed E-state index contributed by atoms with van der Waals surface area (Å²) in [6.07, 6.45) is 0. The summed E-state index contributed by atoms with van der Waals surface area (Å²) in [5.74, 6) is 0.506. The predicted molar refractivity (Wildman–Crippen MR) is 100 cm³/mol. The van der Waals surface area contributed by atoms with E-state index in [0.717, 1.165) is 5.69 Å². The van der Waals surface area contributed by atoms with Gasteiger partial charge < -0.3 is 14.0 Å². The van der Waals surface area contributed by atoms with Crippen LogP contribution >= 0.6 is 15.9 Å². The zero-order valence-electron chi connectivity index (χ0n) is 14.3. The number of hydrogen-bond acceptors (Lipinski definition) is 5. The standard InChI is InChI=1S/C18H15BrN2O5/c1-10-18(21(23)24)14-8-15(19)17(26-11(2)22)9-16(14)20(10)12-4-6-13(25-3)7-5-12/h4-9H,1-3H3. The van der Waals surface area contributed by atoms with Crippen molar-refractivity contribution in [1.82, 2.24) is 4.57 Å². The lowest BCUT2D eigenvalue weighted by atomic mass is 10.2. The van der Waals surface area contributed by atoms with Gasteiger partial charge in [-0.15, -0.1) is 0 Å². The summed E-state index contributed by atoms with van der Waals surface area (Å²) >= 11 is 3.31. The van der Waals surface area contributed by atoms with Crippen molar-refractivity contribution in [2.75, 3.05) is 7.11 Å². The van der Waals surface area contributed by atoms with Gasteiger partial charge in [0.25, 0.3) is 5.69 Å². The molecule has 0 unspecified atom stereocenters. The van der Waals surface area contributed by atoms with Crippen LogP contribution in [0, 0.1) is 17.0 Å². The Kier molecular flexibility index (Phi) is 4.69. The van der Waals surface area contributed by atoms with Crippen LogP contribution in [-0.2, 0) is 4.79 Å². The molecule has 3 aromatic rings. The Morgan fingerprint density at radius 3 is 2.42 bits per heavy atom. The van der Waals surface area contributed by atoms with E-state index in [1.165, 1.54) is 6.92 Å². The molecule has 0 N–H and O–H groups in total. The first-order valence-electron chi connectivity index (χ1n) is 7.65. The van der Waals surface area contributed by atoms with Gasteiger partial charge in [-0.2, -0.15) is 0 Å². The number of halogens is 1. The Hall–Kier alpha value is -2.87. The fourth-order valence-electron chi connectivity index (χ4n) is 2.93. The van der Waals surface area contributed by atoms with Gasteiger partial charge in [-0.3, -0.25) is 14.9 Å². The highest BCUT2D eigenvalue weighted by molar-refractivity contribution is 9.10. The van der Waals surface area contributed by atoms with Gasteiger partial charge in [-0.05, 0) is 53.2 Å². The first-order chi connectivity index (χ1) is 12.3. The van der Waals surface area contributed by atoms with E-state index in [0.29, 0.717) is 32.6 Å². The second-order valence-corrected chi connectivity index (χ2v) is 6.47. The van der Waals surface area contributed by atoms with E-state index in [1.54, 1.807) is 42.9 Å². The maximum absolute atomic E-state index is 11.6. The largest absolute Gasteiger partial charge is 0.497 e. The monoisotopic (exact) mass is 418 g/mol. The maximum atomic E-state index is 11.6. The average Bonchev–Trinajstić information content (AvgIpc) is 2.86. The Bertz CT molecular complexity index is 1020. The SMILES string of the molecule is COc1ccc(-n2c(C)c([N+](=O)[O-])c3cc(Br)c(OC(C)=O)cc32)cc1. The average molecular weight is 419 g/mol. The van der Waals surface area contributed by atoms with Crippen molar-refractivity contribution in [3.05, 3.63) is 56.7 Å². The number of methoxy groups -OCH3 is 1. The van der Waals surface area contributed by atoms with Crippen molar-refractivity contribution in [2.45, 2.75) is 13.8 Å². The fourth-order valence-corrected chi connectivity index (χ4v) is 3.35. The number of ether oxygens (including phenoxy) is 2. The third-order valence-electron chi connectivity index (χ3n) is 3.99. The van der Waals surface area contributed by atoms with Crippen LogP contribution in [0.4, 0.5) is 5.69 Å². The third-order valence-corrected chi connectivity index (χ3v) is 4.61. The third kappa shape index (κ3) is 3.03. The van der Waals surface area contributed by atoms with Gasteiger partial charge in [-0.25, -0.2) is 0 Å². The minimum atomic E-state index is -0.473. The molecule has 0 saturated carbocycles. The molecule has 26 heavy (non-hydrogen) atoms. The minimum Gasteiger partial charge on any atom is -0.497 e. The van der Waals surface area contributed by atoms with Gasteiger partial charge in [0.05, 0.1) is 33.1 Å². The van der Waals surface area contributed by atoms with Crippen molar-refractivity contribution in [2.24, 2.45) is 0 Å². The summed E-state index contributed by atoms with van der Waals surface area (Å²) in [6, 6.07) is 10.4. The van der Waals surface area contributed by atoms with Crippen LogP contribution in [0.3, 0.4) is 0 Å². The summed E-state index contributed by atoms with van der Waals surface area (Å²) in [5, 5.41) is 12.1. The summed E-state index contributed by atoms with van der Waals surface area (Å²) in [5.41, 5.74) is 1.78. The number of benzene rings is 2. The van der Waals surface area contributed by atoms with Gasteiger partial charge >= 0.3 is 5.97 Å². The van der Waals surface area contributed by atoms with E-state index < -0.39 is 10.9 Å². The van der Waals surface area contributed by atoms with E-state index in [4.69, 9.17) is 9.47 Å². The van der Waals surface area contributed by atoms with Crippen LogP contribution < -0.4 is 9.47 Å². The van der Waals surface area contributed by atoms with Crippen molar-refractivity contribution in [3.8, 4) is 17.2 Å². The van der Waals surface area contributed by atoms with E-state index in [2.05, 4.69) is 15.9 Å². The van der Waals surface area contributed by atoms with Crippen molar-refractivity contribution in [1.29, 1.82) is 0 Å². The number of fused-ring (bicyclic) bond motifs is 1. The van der Waals surface area contributed by atoms with Crippen LogP contribution in [0.1, 0.15) is 12.6 Å². The maximum Gasteiger partial charge on any atom is 0.308 e. The molecular weight excluding hydrogens is 404 g/mol. The molecular formula is C18H15BrN2O5. The number of carbonyl (C=O) groups is 1. The quantitative estimate of drug-likeness (QED) is 0.268. The highest BCUT2D eigenvalue weighted by atomic mass is 79.9. The molecule has 0 saturated heterocycles. The summed E-state index contributed by atoms with van der Waals surface area (Å²) < 4.78 is 12.6. The van der Waals surface area contributed by atoms with Crippen molar-refractivity contribution in [3.63, 3.8) is 0 Å². The Labute approximate surface area is 157 Å². The molecule has 0 radical (unpaired) electrons. The van der Waals surface area contributed by atoms with Gasteiger partial charge in [0.2, 0.25) is 0 Å². The molecule has 1 heterocycles. The number of esters is 1. The van der Waals surface area contributed by atoms with E-state index in [9.17, 15) is 14.9 Å². The zero-order chi connectivity index (χ0) is 19.0. The fraction of sp³-hybridized carbons (Fsp3) is 0.167. The summed E-state index contributed by atoms with van der Waals surface area (Å²) in [4.78, 5) is 22.6. The molecule has 2 aromatic carbocycles. The highest BCUT2D eigenvalue weighted by Gasteiger charge is 2.25. The molecule has 0 aliphatic carbocycles. The number of nitrogens with zero attached hydrogens (tertiary/aromatic N) is 2. The Morgan fingerprint density at radius 2 is 1.88 bits per heavy atom. The first-order valence-corrected chi connectivity index (χ1v) is 8.44. The number of carbonyl (C=O) groups excluding carboxylic acids is 1. The molecule has 0 aliphatic heterocycles. The van der Waals surface area contributed by atoms with Gasteiger partial charge in [0.15, 0.2) is 0 Å². The van der Waals surface area contributed by atoms with Crippen LogP contribution in [-0.4, -0.2) is 22.6 Å². The molecule has 0 bridgehead atoms. The van der Waals surface area contributed by atoms with Crippen LogP contribution in [0.15, 0.2) is 40.9 Å². The lowest BCUT2D eigenvalue weighted by Crippen LogP contribution is -2.02. The molecule has 134 valence electrons. The van der Waals surface area contributed by atoms with Crippen LogP contribution in [0.5, 0.6) is 11.5 Å². The molecule has 0 fully saturated rings. The second kappa shape index (κ2) is 6.80. The molecule has 0 amide bonds. The highest BCUT2D eigenvalue weighted by Crippen LogP contribution is 2.40.